The van der Waals surface area contributed by atoms with Crippen LogP contribution in [-0.2, 0) is 4.79 Å². The number of carbonyl (C=O) groups excluding carboxylic acids is 2. The maximum Gasteiger partial charge on any atom is 0.422 e. The maximum atomic E-state index is 14.8. The standard InChI is InChI=1S/C20H18ClF5N4O3/c1-10-18(31)27-6-7-30(10)19(32)29-17(12-3-4-13(22)15(21)16(12)23)11-2-5-14(28-8-11)33-9-20(24,25)26/h2-5,8,10,17H,6-7,9H2,1H3,(H,27,31)(H,29,32)/t10-,17+/m1/s1. The summed E-state index contributed by atoms with van der Waals surface area (Å²) in [5.74, 6) is -2.88. The molecule has 1 aliphatic rings. The highest BCUT2D eigenvalue weighted by atomic mass is 35.5. The lowest BCUT2D eigenvalue weighted by molar-refractivity contribution is -0.154. The van der Waals surface area contributed by atoms with Crippen LogP contribution in [0.2, 0.25) is 5.02 Å². The van der Waals surface area contributed by atoms with E-state index in [1.54, 1.807) is 0 Å². The number of nitrogens with zero attached hydrogens (tertiary/aromatic N) is 2. The van der Waals surface area contributed by atoms with Crippen molar-refractivity contribution in [1.82, 2.24) is 20.5 Å². The summed E-state index contributed by atoms with van der Waals surface area (Å²) in [7, 11) is 0. The molecule has 178 valence electrons. The molecule has 1 aromatic heterocycles. The predicted molar refractivity (Wildman–Crippen MR) is 107 cm³/mol. The molecule has 1 aromatic carbocycles. The average Bonchev–Trinajstić information content (AvgIpc) is 2.76. The second-order valence-electron chi connectivity index (χ2n) is 7.14. The summed E-state index contributed by atoms with van der Waals surface area (Å²) >= 11 is 5.68. The summed E-state index contributed by atoms with van der Waals surface area (Å²) in [6.07, 6.45) is -3.48. The molecule has 33 heavy (non-hydrogen) atoms. The molecule has 2 heterocycles. The fourth-order valence-electron chi connectivity index (χ4n) is 3.17. The van der Waals surface area contributed by atoms with Crippen LogP contribution in [0.4, 0.5) is 26.7 Å². The van der Waals surface area contributed by atoms with E-state index < -0.39 is 47.6 Å². The first-order valence-corrected chi connectivity index (χ1v) is 9.99. The number of pyridine rings is 1. The van der Waals surface area contributed by atoms with Gasteiger partial charge in [0.1, 0.15) is 22.7 Å². The van der Waals surface area contributed by atoms with E-state index in [-0.39, 0.29) is 36.0 Å². The Morgan fingerprint density at radius 2 is 2.06 bits per heavy atom. The Hall–Kier alpha value is -3.15. The van der Waals surface area contributed by atoms with Crippen molar-refractivity contribution in [2.45, 2.75) is 25.2 Å². The first-order chi connectivity index (χ1) is 15.5. The van der Waals surface area contributed by atoms with Gasteiger partial charge in [-0.15, -0.1) is 0 Å². The minimum absolute atomic E-state index is 0.151. The first-order valence-electron chi connectivity index (χ1n) is 9.61. The fourth-order valence-corrected chi connectivity index (χ4v) is 3.35. The van der Waals surface area contributed by atoms with E-state index in [2.05, 4.69) is 20.4 Å². The highest BCUT2D eigenvalue weighted by molar-refractivity contribution is 6.31. The lowest BCUT2D eigenvalue weighted by Gasteiger charge is -2.34. The van der Waals surface area contributed by atoms with Crippen molar-refractivity contribution in [3.05, 3.63) is 58.2 Å². The molecule has 1 saturated heterocycles. The highest BCUT2D eigenvalue weighted by Crippen LogP contribution is 2.31. The molecule has 7 nitrogen and oxygen atoms in total. The number of aromatic nitrogens is 1. The molecule has 1 aliphatic heterocycles. The van der Waals surface area contributed by atoms with Gasteiger partial charge >= 0.3 is 12.2 Å². The van der Waals surface area contributed by atoms with Gasteiger partial charge < -0.3 is 20.3 Å². The lowest BCUT2D eigenvalue weighted by Crippen LogP contribution is -2.58. The molecule has 3 rings (SSSR count). The molecule has 0 spiro atoms. The van der Waals surface area contributed by atoms with Gasteiger partial charge in [0.15, 0.2) is 6.61 Å². The van der Waals surface area contributed by atoms with Crippen molar-refractivity contribution in [3.63, 3.8) is 0 Å². The van der Waals surface area contributed by atoms with Gasteiger partial charge in [-0.05, 0) is 24.6 Å². The van der Waals surface area contributed by atoms with Crippen LogP contribution in [0.25, 0.3) is 0 Å². The van der Waals surface area contributed by atoms with Gasteiger partial charge in [-0.1, -0.05) is 17.7 Å². The second-order valence-corrected chi connectivity index (χ2v) is 7.52. The van der Waals surface area contributed by atoms with Crippen LogP contribution >= 0.6 is 11.6 Å². The molecule has 1 fully saturated rings. The first kappa shape index (κ1) is 24.5. The van der Waals surface area contributed by atoms with Gasteiger partial charge in [-0.3, -0.25) is 4.79 Å². The molecule has 0 saturated carbocycles. The van der Waals surface area contributed by atoms with Crippen molar-refractivity contribution in [2.75, 3.05) is 19.7 Å². The van der Waals surface area contributed by atoms with Crippen molar-refractivity contribution < 1.29 is 36.3 Å². The SMILES string of the molecule is C[C@@H]1C(=O)NCCN1C(=O)N[C@@H](c1ccc(OCC(F)(F)F)nc1)c1ccc(F)c(Cl)c1F. The summed E-state index contributed by atoms with van der Waals surface area (Å²) < 4.78 is 70.1. The fraction of sp³-hybridized carbons (Fsp3) is 0.350. The Kier molecular flexibility index (Phi) is 7.25. The topological polar surface area (TPSA) is 83.6 Å². The average molecular weight is 493 g/mol. The smallest absolute Gasteiger partial charge is 0.422 e. The number of halogens is 6. The highest BCUT2D eigenvalue weighted by Gasteiger charge is 2.32. The zero-order valence-electron chi connectivity index (χ0n) is 17.0. The van der Waals surface area contributed by atoms with Crippen molar-refractivity contribution in [1.29, 1.82) is 0 Å². The number of urea groups is 1. The number of carbonyl (C=O) groups is 2. The van der Waals surface area contributed by atoms with Gasteiger partial charge in [0.25, 0.3) is 0 Å². The summed E-state index contributed by atoms with van der Waals surface area (Å²) in [4.78, 5) is 29.8. The molecule has 3 amide bonds. The van der Waals surface area contributed by atoms with E-state index >= 15 is 0 Å². The third-order valence-electron chi connectivity index (χ3n) is 4.88. The number of ether oxygens (including phenoxy) is 1. The quantitative estimate of drug-likeness (QED) is 0.494. The van der Waals surface area contributed by atoms with Gasteiger partial charge in [-0.2, -0.15) is 13.2 Å². The van der Waals surface area contributed by atoms with E-state index in [0.717, 1.165) is 24.4 Å². The zero-order valence-corrected chi connectivity index (χ0v) is 17.8. The normalized spacial score (nSPS) is 17.4. The van der Waals surface area contributed by atoms with Crippen LogP contribution in [0.3, 0.4) is 0 Å². The summed E-state index contributed by atoms with van der Waals surface area (Å²) in [6, 6.07) is 1.58. The van der Waals surface area contributed by atoms with Crippen molar-refractivity contribution >= 4 is 23.5 Å². The summed E-state index contributed by atoms with van der Waals surface area (Å²) in [6.45, 7) is 0.342. The number of amides is 3. The van der Waals surface area contributed by atoms with Crippen LogP contribution in [-0.4, -0.2) is 53.7 Å². The number of hydrogen-bond acceptors (Lipinski definition) is 4. The zero-order chi connectivity index (χ0) is 24.3. The summed E-state index contributed by atoms with van der Waals surface area (Å²) in [5.41, 5.74) is -0.0620. The van der Waals surface area contributed by atoms with Crippen LogP contribution in [0.15, 0.2) is 30.5 Å². The molecular weight excluding hydrogens is 475 g/mol. The number of rotatable bonds is 5. The van der Waals surface area contributed by atoms with Crippen LogP contribution < -0.4 is 15.4 Å². The largest absolute Gasteiger partial charge is 0.468 e. The van der Waals surface area contributed by atoms with E-state index in [9.17, 15) is 31.5 Å². The molecule has 0 aliphatic carbocycles. The molecule has 2 N–H and O–H groups in total. The third-order valence-corrected chi connectivity index (χ3v) is 5.23. The Bertz CT molecular complexity index is 1040. The van der Waals surface area contributed by atoms with E-state index in [0.29, 0.717) is 0 Å². The summed E-state index contributed by atoms with van der Waals surface area (Å²) in [5, 5.41) is 4.36. The molecule has 0 radical (unpaired) electrons. The molecule has 13 heteroatoms. The molecule has 2 aromatic rings. The van der Waals surface area contributed by atoms with Crippen molar-refractivity contribution in [3.8, 4) is 5.88 Å². The number of benzene rings is 1. The predicted octanol–water partition coefficient (Wildman–Crippen LogP) is 3.57. The van der Waals surface area contributed by atoms with E-state index in [1.165, 1.54) is 17.9 Å². The van der Waals surface area contributed by atoms with Crippen LogP contribution in [0.1, 0.15) is 24.1 Å². The Balaban J connectivity index is 1.92. The number of hydrogen-bond donors (Lipinski definition) is 2. The van der Waals surface area contributed by atoms with E-state index in [1.807, 2.05) is 0 Å². The third kappa shape index (κ3) is 5.81. The van der Waals surface area contributed by atoms with Gasteiger partial charge in [0.05, 0.1) is 6.04 Å². The van der Waals surface area contributed by atoms with Gasteiger partial charge in [0, 0.05) is 30.9 Å². The minimum atomic E-state index is -4.57. The molecule has 0 unspecified atom stereocenters. The molecule has 0 bridgehead atoms. The number of nitrogens with one attached hydrogen (secondary N) is 2. The van der Waals surface area contributed by atoms with Gasteiger partial charge in [0.2, 0.25) is 11.8 Å². The van der Waals surface area contributed by atoms with Gasteiger partial charge in [-0.25, -0.2) is 18.6 Å². The minimum Gasteiger partial charge on any atom is -0.468 e. The van der Waals surface area contributed by atoms with E-state index in [4.69, 9.17) is 11.6 Å². The second kappa shape index (κ2) is 9.77. The Morgan fingerprint density at radius 1 is 1.33 bits per heavy atom. The number of alkyl halides is 3. The van der Waals surface area contributed by atoms with Crippen LogP contribution in [0, 0.1) is 11.6 Å². The Labute approximate surface area is 189 Å². The molecular formula is C20H18ClF5N4O3. The number of piperazine rings is 1. The lowest BCUT2D eigenvalue weighted by atomic mass is 9.99. The van der Waals surface area contributed by atoms with Crippen molar-refractivity contribution in [2.24, 2.45) is 0 Å². The maximum absolute atomic E-state index is 14.8. The monoisotopic (exact) mass is 492 g/mol. The van der Waals surface area contributed by atoms with Crippen LogP contribution in [0.5, 0.6) is 5.88 Å². The molecule has 2 atom stereocenters. The Morgan fingerprint density at radius 3 is 2.70 bits per heavy atom.